The van der Waals surface area contributed by atoms with E-state index in [1.54, 1.807) is 0 Å². The second-order valence-corrected chi connectivity index (χ2v) is 5.78. The molecule has 3 atom stereocenters. The Labute approximate surface area is 117 Å². The van der Waals surface area contributed by atoms with E-state index in [1.165, 1.54) is 24.0 Å². The number of benzene rings is 1. The van der Waals surface area contributed by atoms with Gasteiger partial charge in [-0.25, -0.2) is 0 Å². The van der Waals surface area contributed by atoms with Gasteiger partial charge in [-0.1, -0.05) is 44.5 Å². The minimum atomic E-state index is 0.270. The number of fused-ring (bicyclic) bond motifs is 1. The fraction of sp³-hybridized carbons (Fsp3) is 0.647. The van der Waals surface area contributed by atoms with Crippen molar-refractivity contribution < 1.29 is 4.74 Å². The lowest BCUT2D eigenvalue weighted by Crippen LogP contribution is -2.31. The minimum Gasteiger partial charge on any atom is -0.373 e. The molecular weight excluding hydrogens is 234 g/mol. The number of hydrogen-bond acceptors (Lipinski definition) is 2. The highest BCUT2D eigenvalue weighted by Crippen LogP contribution is 2.31. The molecule has 0 saturated heterocycles. The van der Waals surface area contributed by atoms with Gasteiger partial charge in [0.1, 0.15) is 0 Å². The predicted molar refractivity (Wildman–Crippen MR) is 80.4 cm³/mol. The van der Waals surface area contributed by atoms with Crippen LogP contribution in [0, 0.1) is 5.92 Å². The smallest absolute Gasteiger partial charge is 0.0842 e. The number of hydrogen-bond donors (Lipinski definition) is 1. The molecule has 3 unspecified atom stereocenters. The molecular formula is C17H27NO. The average Bonchev–Trinajstić information content (AvgIpc) is 2.46. The second-order valence-electron chi connectivity index (χ2n) is 5.78. The molecule has 2 nitrogen and oxygen atoms in total. The Morgan fingerprint density at radius 2 is 2.16 bits per heavy atom. The first-order valence-electron chi connectivity index (χ1n) is 7.61. The monoisotopic (exact) mass is 261 g/mol. The first-order chi connectivity index (χ1) is 9.24. The molecule has 1 heterocycles. The molecule has 19 heavy (non-hydrogen) atoms. The molecule has 0 spiro atoms. The van der Waals surface area contributed by atoms with Crippen molar-refractivity contribution in [2.24, 2.45) is 5.92 Å². The van der Waals surface area contributed by atoms with Crippen LogP contribution in [0.1, 0.15) is 50.3 Å². The maximum absolute atomic E-state index is 6.01. The zero-order valence-electron chi connectivity index (χ0n) is 12.5. The summed E-state index contributed by atoms with van der Waals surface area (Å²) in [6.07, 6.45) is 4.89. The number of ether oxygens (including phenoxy) is 1. The van der Waals surface area contributed by atoms with Crippen LogP contribution in [-0.4, -0.2) is 19.7 Å². The predicted octanol–water partition coefficient (Wildman–Crippen LogP) is 3.71. The summed E-state index contributed by atoms with van der Waals surface area (Å²) in [5.74, 6) is 0.774. The van der Waals surface area contributed by atoms with Gasteiger partial charge in [0, 0.05) is 6.04 Å². The zero-order valence-corrected chi connectivity index (χ0v) is 12.5. The molecule has 0 bridgehead atoms. The molecule has 1 N–H and O–H groups in total. The summed E-state index contributed by atoms with van der Waals surface area (Å²) < 4.78 is 6.01. The van der Waals surface area contributed by atoms with Crippen LogP contribution >= 0.6 is 0 Å². The summed E-state index contributed by atoms with van der Waals surface area (Å²) in [6.45, 7) is 5.46. The second kappa shape index (κ2) is 7.06. The van der Waals surface area contributed by atoms with Crippen LogP contribution in [0.3, 0.4) is 0 Å². The van der Waals surface area contributed by atoms with Crippen LogP contribution in [0.5, 0.6) is 0 Å². The Bertz CT molecular complexity index is 391. The van der Waals surface area contributed by atoms with E-state index < -0.39 is 0 Å². The molecule has 0 fully saturated rings. The van der Waals surface area contributed by atoms with Crippen LogP contribution < -0.4 is 5.32 Å². The van der Waals surface area contributed by atoms with Gasteiger partial charge in [-0.05, 0) is 43.4 Å². The molecule has 0 radical (unpaired) electrons. The van der Waals surface area contributed by atoms with Crippen molar-refractivity contribution in [1.29, 1.82) is 0 Å². The standard InChI is InChI=1S/C17H27NO/c1-4-13(2)11-15(18-3)12-17-16-8-6-5-7-14(16)9-10-19-17/h5-8,13,15,17-18H,4,9-12H2,1-3H3. The molecule has 2 heteroatoms. The molecule has 2 rings (SSSR count). The summed E-state index contributed by atoms with van der Waals surface area (Å²) in [5.41, 5.74) is 2.87. The molecule has 1 aromatic rings. The van der Waals surface area contributed by atoms with Crippen LogP contribution in [-0.2, 0) is 11.2 Å². The highest BCUT2D eigenvalue weighted by Gasteiger charge is 2.24. The van der Waals surface area contributed by atoms with Gasteiger partial charge in [0.15, 0.2) is 0 Å². The highest BCUT2D eigenvalue weighted by atomic mass is 16.5. The molecule has 1 aliphatic heterocycles. The maximum atomic E-state index is 6.01. The Kier molecular flexibility index (Phi) is 5.41. The Morgan fingerprint density at radius 3 is 2.89 bits per heavy atom. The van der Waals surface area contributed by atoms with Gasteiger partial charge >= 0.3 is 0 Å². The average molecular weight is 261 g/mol. The van der Waals surface area contributed by atoms with E-state index in [4.69, 9.17) is 4.74 Å². The van der Waals surface area contributed by atoms with E-state index in [2.05, 4.69) is 50.5 Å². The zero-order chi connectivity index (χ0) is 13.7. The third-order valence-electron chi connectivity index (χ3n) is 4.38. The van der Waals surface area contributed by atoms with Gasteiger partial charge in [-0.15, -0.1) is 0 Å². The number of nitrogens with one attached hydrogen (secondary N) is 1. The van der Waals surface area contributed by atoms with E-state index >= 15 is 0 Å². The van der Waals surface area contributed by atoms with E-state index in [1.807, 2.05) is 0 Å². The fourth-order valence-electron chi connectivity index (χ4n) is 2.91. The molecule has 1 aliphatic rings. The van der Waals surface area contributed by atoms with Gasteiger partial charge in [0.2, 0.25) is 0 Å². The molecule has 0 aliphatic carbocycles. The van der Waals surface area contributed by atoms with Gasteiger partial charge in [-0.2, -0.15) is 0 Å². The lowest BCUT2D eigenvalue weighted by atomic mass is 9.90. The maximum Gasteiger partial charge on any atom is 0.0842 e. The van der Waals surface area contributed by atoms with Crippen LogP contribution in [0.25, 0.3) is 0 Å². The summed E-state index contributed by atoms with van der Waals surface area (Å²) in [5, 5.41) is 3.47. The Hall–Kier alpha value is -0.860. The van der Waals surface area contributed by atoms with Crippen molar-refractivity contribution in [2.45, 2.75) is 51.7 Å². The topological polar surface area (TPSA) is 21.3 Å². The van der Waals surface area contributed by atoms with Crippen molar-refractivity contribution in [3.63, 3.8) is 0 Å². The van der Waals surface area contributed by atoms with Crippen LogP contribution in [0.15, 0.2) is 24.3 Å². The highest BCUT2D eigenvalue weighted by molar-refractivity contribution is 5.31. The summed E-state index contributed by atoms with van der Waals surface area (Å²) in [4.78, 5) is 0. The largest absolute Gasteiger partial charge is 0.373 e. The van der Waals surface area contributed by atoms with Gasteiger partial charge in [0.25, 0.3) is 0 Å². The van der Waals surface area contributed by atoms with Crippen LogP contribution in [0.4, 0.5) is 0 Å². The summed E-state index contributed by atoms with van der Waals surface area (Å²) in [7, 11) is 2.07. The third kappa shape index (κ3) is 3.80. The third-order valence-corrected chi connectivity index (χ3v) is 4.38. The van der Waals surface area contributed by atoms with Crippen molar-refractivity contribution in [3.8, 4) is 0 Å². The van der Waals surface area contributed by atoms with Crippen molar-refractivity contribution >= 4 is 0 Å². The molecule has 0 saturated carbocycles. The summed E-state index contributed by atoms with van der Waals surface area (Å²) >= 11 is 0. The Morgan fingerprint density at radius 1 is 1.37 bits per heavy atom. The fourth-order valence-corrected chi connectivity index (χ4v) is 2.91. The normalized spacial score (nSPS) is 21.7. The molecule has 0 amide bonds. The molecule has 1 aromatic carbocycles. The van der Waals surface area contributed by atoms with Crippen molar-refractivity contribution in [3.05, 3.63) is 35.4 Å². The van der Waals surface area contributed by atoms with Crippen molar-refractivity contribution in [2.75, 3.05) is 13.7 Å². The van der Waals surface area contributed by atoms with E-state index in [-0.39, 0.29) is 6.10 Å². The lowest BCUT2D eigenvalue weighted by molar-refractivity contribution is 0.0283. The lowest BCUT2D eigenvalue weighted by Gasteiger charge is -2.30. The van der Waals surface area contributed by atoms with E-state index in [0.29, 0.717) is 6.04 Å². The van der Waals surface area contributed by atoms with E-state index in [9.17, 15) is 0 Å². The first kappa shape index (κ1) is 14.5. The molecule has 0 aromatic heterocycles. The molecule has 106 valence electrons. The van der Waals surface area contributed by atoms with Crippen LogP contribution in [0.2, 0.25) is 0 Å². The van der Waals surface area contributed by atoms with Gasteiger partial charge < -0.3 is 10.1 Å². The quantitative estimate of drug-likeness (QED) is 0.843. The minimum absolute atomic E-state index is 0.270. The van der Waals surface area contributed by atoms with Crippen molar-refractivity contribution in [1.82, 2.24) is 5.32 Å². The summed E-state index contributed by atoms with van der Waals surface area (Å²) in [6, 6.07) is 9.29. The van der Waals surface area contributed by atoms with Gasteiger partial charge in [0.05, 0.1) is 12.7 Å². The first-order valence-corrected chi connectivity index (χ1v) is 7.61. The van der Waals surface area contributed by atoms with E-state index in [0.717, 1.165) is 25.4 Å². The SMILES string of the molecule is CCC(C)CC(CC1OCCc2ccccc21)NC. The van der Waals surface area contributed by atoms with Gasteiger partial charge in [-0.3, -0.25) is 0 Å². The Balaban J connectivity index is 2.02. The number of rotatable bonds is 6.